The van der Waals surface area contributed by atoms with Crippen LogP contribution in [0.4, 0.5) is 0 Å². The zero-order valence-corrected chi connectivity index (χ0v) is 14.2. The fourth-order valence-electron chi connectivity index (χ4n) is 6.39. The fraction of sp³-hybridized carbons (Fsp3) is 0.714. The lowest BCUT2D eigenvalue weighted by Crippen LogP contribution is -2.45. The van der Waals surface area contributed by atoms with Gasteiger partial charge in [-0.15, -0.1) is 0 Å². The maximum Gasteiger partial charge on any atom is 0.139 e. The van der Waals surface area contributed by atoms with E-state index < -0.39 is 0 Å². The van der Waals surface area contributed by atoms with Gasteiger partial charge in [-0.1, -0.05) is 19.1 Å². The number of allylic oxidation sites excluding steroid dienone is 4. The molecule has 0 amide bonds. The van der Waals surface area contributed by atoms with Crippen LogP contribution in [0.1, 0.15) is 64.7 Å². The van der Waals surface area contributed by atoms with Crippen molar-refractivity contribution >= 4 is 12.1 Å². The molecule has 0 N–H and O–H groups in total. The molecule has 0 spiro atoms. The van der Waals surface area contributed by atoms with Gasteiger partial charge in [-0.25, -0.2) is 0 Å². The molecular weight excluding hydrogens is 284 g/mol. The molecule has 124 valence electrons. The molecule has 0 aromatic rings. The van der Waals surface area contributed by atoms with Crippen molar-refractivity contribution in [2.24, 2.45) is 29.1 Å². The molecule has 5 atom stereocenters. The Hall–Kier alpha value is -1.18. The van der Waals surface area contributed by atoms with E-state index in [9.17, 15) is 9.59 Å². The second-order valence-corrected chi connectivity index (χ2v) is 8.39. The fourth-order valence-corrected chi connectivity index (χ4v) is 6.39. The Labute approximate surface area is 139 Å². The molecule has 2 heteroatoms. The minimum atomic E-state index is -0.106. The highest BCUT2D eigenvalue weighted by molar-refractivity contribution is 5.87. The van der Waals surface area contributed by atoms with Gasteiger partial charge >= 0.3 is 0 Å². The first kappa shape index (κ1) is 15.4. The van der Waals surface area contributed by atoms with Crippen LogP contribution in [-0.2, 0) is 9.59 Å². The van der Waals surface area contributed by atoms with E-state index in [0.29, 0.717) is 35.9 Å². The van der Waals surface area contributed by atoms with Crippen molar-refractivity contribution < 1.29 is 9.59 Å². The van der Waals surface area contributed by atoms with Crippen molar-refractivity contribution in [1.82, 2.24) is 0 Å². The highest BCUT2D eigenvalue weighted by atomic mass is 16.1. The molecule has 0 aromatic carbocycles. The maximum atomic E-state index is 12.7. The number of aldehydes is 1. The molecule has 23 heavy (non-hydrogen) atoms. The Morgan fingerprint density at radius 3 is 2.91 bits per heavy atom. The molecule has 3 fully saturated rings. The molecule has 0 aliphatic heterocycles. The molecule has 4 rings (SSSR count). The van der Waals surface area contributed by atoms with Gasteiger partial charge in [-0.3, -0.25) is 4.79 Å². The SMILES string of the molecule is CC12CCC3C4=CCCC=C4CCC3C1C(CCC=O)CC2=O. The predicted octanol–water partition coefficient (Wildman–Crippen LogP) is 4.64. The Morgan fingerprint density at radius 2 is 2.09 bits per heavy atom. The summed E-state index contributed by atoms with van der Waals surface area (Å²) in [6.07, 6.45) is 15.3. The number of carbonyl (C=O) groups is 2. The molecule has 0 bridgehead atoms. The standard InChI is InChI=1S/C21H28O2/c1-21-11-10-17-16-7-3-2-5-14(16)8-9-18(17)20(21)15(6-4-12-22)13-19(21)23/h5,7,12,15,17-18,20H,2-4,6,8-11,13H2,1H3. The molecular formula is C21H28O2. The van der Waals surface area contributed by atoms with E-state index in [-0.39, 0.29) is 5.41 Å². The van der Waals surface area contributed by atoms with Crippen molar-refractivity contribution in [3.8, 4) is 0 Å². The van der Waals surface area contributed by atoms with Crippen LogP contribution >= 0.6 is 0 Å². The average Bonchev–Trinajstić information content (AvgIpc) is 2.83. The molecule has 3 saturated carbocycles. The molecule has 5 unspecified atom stereocenters. The number of Topliss-reactive ketones (excluding diaryl/α,β-unsaturated/α-hetero) is 1. The zero-order chi connectivity index (χ0) is 16.0. The molecule has 0 heterocycles. The van der Waals surface area contributed by atoms with Crippen LogP contribution in [0.15, 0.2) is 23.3 Å². The van der Waals surface area contributed by atoms with Gasteiger partial charge in [0.1, 0.15) is 12.1 Å². The third kappa shape index (κ3) is 2.28. The summed E-state index contributed by atoms with van der Waals surface area (Å²) in [5, 5.41) is 0. The van der Waals surface area contributed by atoms with E-state index in [1.54, 1.807) is 11.1 Å². The Bertz CT molecular complexity index is 585. The summed E-state index contributed by atoms with van der Waals surface area (Å²) in [7, 11) is 0. The van der Waals surface area contributed by atoms with E-state index >= 15 is 0 Å². The van der Waals surface area contributed by atoms with Gasteiger partial charge in [0, 0.05) is 18.3 Å². The lowest BCUT2D eigenvalue weighted by Gasteiger charge is -2.51. The van der Waals surface area contributed by atoms with Crippen molar-refractivity contribution in [2.75, 3.05) is 0 Å². The van der Waals surface area contributed by atoms with Crippen molar-refractivity contribution in [3.05, 3.63) is 23.3 Å². The average molecular weight is 312 g/mol. The number of rotatable bonds is 3. The van der Waals surface area contributed by atoms with E-state index in [4.69, 9.17) is 0 Å². The summed E-state index contributed by atoms with van der Waals surface area (Å²) in [4.78, 5) is 23.6. The van der Waals surface area contributed by atoms with Gasteiger partial charge in [0.2, 0.25) is 0 Å². The third-order valence-corrected chi connectivity index (χ3v) is 7.38. The summed E-state index contributed by atoms with van der Waals surface area (Å²) in [5.74, 6) is 2.78. The number of carbonyl (C=O) groups excluding carboxylic acids is 2. The minimum absolute atomic E-state index is 0.106. The summed E-state index contributed by atoms with van der Waals surface area (Å²) in [6, 6.07) is 0. The second kappa shape index (κ2) is 5.72. The molecule has 4 aliphatic carbocycles. The second-order valence-electron chi connectivity index (χ2n) is 8.39. The Morgan fingerprint density at radius 1 is 1.26 bits per heavy atom. The van der Waals surface area contributed by atoms with Gasteiger partial charge in [0.05, 0.1) is 0 Å². The number of hydrogen-bond acceptors (Lipinski definition) is 2. The summed E-state index contributed by atoms with van der Waals surface area (Å²) >= 11 is 0. The number of hydrogen-bond donors (Lipinski definition) is 0. The van der Waals surface area contributed by atoms with Crippen LogP contribution in [0, 0.1) is 29.1 Å². The third-order valence-electron chi connectivity index (χ3n) is 7.38. The van der Waals surface area contributed by atoms with Crippen LogP contribution < -0.4 is 0 Å². The highest BCUT2D eigenvalue weighted by Crippen LogP contribution is 2.62. The van der Waals surface area contributed by atoms with Gasteiger partial charge in [0.25, 0.3) is 0 Å². The monoisotopic (exact) mass is 312 g/mol. The summed E-state index contributed by atoms with van der Waals surface area (Å²) < 4.78 is 0. The lowest BCUT2D eigenvalue weighted by molar-refractivity contribution is -0.129. The van der Waals surface area contributed by atoms with Gasteiger partial charge in [-0.05, 0) is 79.8 Å². The first-order valence-electron chi connectivity index (χ1n) is 9.51. The Kier molecular flexibility index (Phi) is 3.82. The van der Waals surface area contributed by atoms with E-state index in [1.807, 2.05) is 0 Å². The summed E-state index contributed by atoms with van der Waals surface area (Å²) in [5.41, 5.74) is 3.13. The van der Waals surface area contributed by atoms with Gasteiger partial charge in [-0.2, -0.15) is 0 Å². The molecule has 2 nitrogen and oxygen atoms in total. The van der Waals surface area contributed by atoms with Crippen LogP contribution in [0.2, 0.25) is 0 Å². The molecule has 0 radical (unpaired) electrons. The zero-order valence-electron chi connectivity index (χ0n) is 14.2. The lowest BCUT2D eigenvalue weighted by atomic mass is 9.53. The number of fused-ring (bicyclic) bond motifs is 5. The van der Waals surface area contributed by atoms with Crippen molar-refractivity contribution in [3.63, 3.8) is 0 Å². The van der Waals surface area contributed by atoms with Crippen molar-refractivity contribution in [1.29, 1.82) is 0 Å². The van der Waals surface area contributed by atoms with Crippen LogP contribution in [-0.4, -0.2) is 12.1 Å². The van der Waals surface area contributed by atoms with Gasteiger partial charge < -0.3 is 4.79 Å². The van der Waals surface area contributed by atoms with E-state index in [2.05, 4.69) is 19.1 Å². The van der Waals surface area contributed by atoms with Gasteiger partial charge in [0.15, 0.2) is 0 Å². The highest BCUT2D eigenvalue weighted by Gasteiger charge is 2.58. The molecule has 0 saturated heterocycles. The van der Waals surface area contributed by atoms with Crippen LogP contribution in [0.3, 0.4) is 0 Å². The van der Waals surface area contributed by atoms with Crippen molar-refractivity contribution in [2.45, 2.75) is 64.7 Å². The number of ketones is 1. The minimum Gasteiger partial charge on any atom is -0.303 e. The predicted molar refractivity (Wildman–Crippen MR) is 90.9 cm³/mol. The topological polar surface area (TPSA) is 34.1 Å². The largest absolute Gasteiger partial charge is 0.303 e. The summed E-state index contributed by atoms with van der Waals surface area (Å²) in [6.45, 7) is 2.23. The first-order chi connectivity index (χ1) is 11.1. The van der Waals surface area contributed by atoms with E-state index in [0.717, 1.165) is 25.5 Å². The quantitative estimate of drug-likeness (QED) is 0.711. The normalized spacial score (nSPS) is 42.2. The first-order valence-corrected chi connectivity index (χ1v) is 9.51. The maximum absolute atomic E-state index is 12.7. The van der Waals surface area contributed by atoms with E-state index in [1.165, 1.54) is 32.1 Å². The molecule has 4 aliphatic rings. The van der Waals surface area contributed by atoms with Crippen LogP contribution in [0.5, 0.6) is 0 Å². The molecule has 0 aromatic heterocycles. The Balaban J connectivity index is 1.66. The van der Waals surface area contributed by atoms with Crippen LogP contribution in [0.25, 0.3) is 0 Å². The smallest absolute Gasteiger partial charge is 0.139 e.